The molecule has 0 saturated heterocycles. The number of aromatic hydroxyl groups is 2. The molecule has 3 aromatic rings. The number of thiazole rings is 1. The molecule has 2 aromatic carbocycles. The van der Waals surface area contributed by atoms with Gasteiger partial charge in [-0.3, -0.25) is 4.79 Å². The van der Waals surface area contributed by atoms with Crippen LogP contribution in [0.4, 0.5) is 0 Å². The number of phenolic OH excluding ortho intramolecular Hbond substituents is 2. The number of carbonyl (C=O) groups excluding carboxylic acids is 1. The summed E-state index contributed by atoms with van der Waals surface area (Å²) in [6, 6.07) is 12.0. The molecule has 1 aromatic heterocycles. The van der Waals surface area contributed by atoms with Gasteiger partial charge in [0.05, 0.1) is 21.7 Å². The second-order valence-electron chi connectivity index (χ2n) is 5.18. The molecule has 25 heavy (non-hydrogen) atoms. The summed E-state index contributed by atoms with van der Waals surface area (Å²) in [5.74, 6) is -0.423. The number of rotatable bonds is 5. The second-order valence-corrected chi connectivity index (χ2v) is 7.80. The minimum absolute atomic E-state index is 0.0421. The molecule has 3 N–H and O–H groups in total. The van der Waals surface area contributed by atoms with Crippen LogP contribution in [0, 0.1) is 0 Å². The Morgan fingerprint density at radius 1 is 1.32 bits per heavy atom. The van der Waals surface area contributed by atoms with Gasteiger partial charge in [0, 0.05) is 11.6 Å². The SMILES string of the molecule is C[C@H](Sc1nc2ccccc2s1)C(=O)N/N=C\c1ccc(O)cc1O. The lowest BCUT2D eigenvalue weighted by Gasteiger charge is -2.06. The maximum Gasteiger partial charge on any atom is 0.253 e. The van der Waals surface area contributed by atoms with Gasteiger partial charge < -0.3 is 10.2 Å². The van der Waals surface area contributed by atoms with Gasteiger partial charge in [-0.2, -0.15) is 5.10 Å². The van der Waals surface area contributed by atoms with E-state index in [1.165, 1.54) is 36.2 Å². The molecule has 0 fully saturated rings. The summed E-state index contributed by atoms with van der Waals surface area (Å²) >= 11 is 2.91. The smallest absolute Gasteiger partial charge is 0.253 e. The third kappa shape index (κ3) is 4.28. The number of para-hydroxylation sites is 1. The van der Waals surface area contributed by atoms with E-state index >= 15 is 0 Å². The summed E-state index contributed by atoms with van der Waals surface area (Å²) in [7, 11) is 0. The molecule has 0 bridgehead atoms. The molecule has 0 aliphatic carbocycles. The van der Waals surface area contributed by atoms with Crippen LogP contribution in [-0.4, -0.2) is 32.6 Å². The van der Waals surface area contributed by atoms with Gasteiger partial charge in [-0.15, -0.1) is 11.3 Å². The van der Waals surface area contributed by atoms with E-state index in [0.29, 0.717) is 5.56 Å². The van der Waals surface area contributed by atoms with Crippen molar-refractivity contribution in [1.29, 1.82) is 0 Å². The van der Waals surface area contributed by atoms with Gasteiger partial charge in [-0.25, -0.2) is 10.4 Å². The molecule has 1 amide bonds. The Morgan fingerprint density at radius 2 is 2.12 bits per heavy atom. The molecule has 128 valence electrons. The lowest BCUT2D eigenvalue weighted by molar-refractivity contribution is -0.120. The van der Waals surface area contributed by atoms with Crippen molar-refractivity contribution < 1.29 is 15.0 Å². The highest BCUT2D eigenvalue weighted by Gasteiger charge is 2.16. The topological polar surface area (TPSA) is 94.8 Å². The van der Waals surface area contributed by atoms with Crippen molar-refractivity contribution >= 4 is 45.4 Å². The van der Waals surface area contributed by atoms with E-state index in [2.05, 4.69) is 15.5 Å². The third-order valence-corrected chi connectivity index (χ3v) is 5.54. The first-order valence-corrected chi connectivity index (χ1v) is 9.09. The highest BCUT2D eigenvalue weighted by atomic mass is 32.2. The van der Waals surface area contributed by atoms with E-state index in [1.807, 2.05) is 24.3 Å². The van der Waals surface area contributed by atoms with E-state index in [-0.39, 0.29) is 22.7 Å². The number of nitrogens with one attached hydrogen (secondary N) is 1. The van der Waals surface area contributed by atoms with Crippen LogP contribution in [-0.2, 0) is 4.79 Å². The molecule has 6 nitrogen and oxygen atoms in total. The minimum atomic E-state index is -0.369. The molecule has 0 radical (unpaired) electrons. The van der Waals surface area contributed by atoms with Gasteiger partial charge in [-0.05, 0) is 31.2 Å². The number of amides is 1. The first-order chi connectivity index (χ1) is 12.0. The molecule has 8 heteroatoms. The monoisotopic (exact) mass is 373 g/mol. The number of benzene rings is 2. The normalized spacial score (nSPS) is 12.5. The number of fused-ring (bicyclic) bond motifs is 1. The second kappa shape index (κ2) is 7.54. The first-order valence-electron chi connectivity index (χ1n) is 7.40. The summed E-state index contributed by atoms with van der Waals surface area (Å²) in [5.41, 5.74) is 3.75. The maximum atomic E-state index is 12.1. The molecule has 0 aliphatic heterocycles. The van der Waals surface area contributed by atoms with E-state index < -0.39 is 0 Å². The number of hydrogen-bond donors (Lipinski definition) is 3. The molecule has 0 unspecified atom stereocenters. The maximum absolute atomic E-state index is 12.1. The Hall–Kier alpha value is -2.58. The van der Waals surface area contributed by atoms with Crippen molar-refractivity contribution in [1.82, 2.24) is 10.4 Å². The van der Waals surface area contributed by atoms with E-state index in [0.717, 1.165) is 14.6 Å². The van der Waals surface area contributed by atoms with Crippen molar-refractivity contribution in [3.05, 3.63) is 48.0 Å². The fourth-order valence-electron chi connectivity index (χ4n) is 2.00. The number of thioether (sulfide) groups is 1. The van der Waals surface area contributed by atoms with E-state index in [1.54, 1.807) is 18.3 Å². The lowest BCUT2D eigenvalue weighted by atomic mass is 10.2. The largest absolute Gasteiger partial charge is 0.508 e. The Morgan fingerprint density at radius 3 is 2.88 bits per heavy atom. The number of hydrazone groups is 1. The van der Waals surface area contributed by atoms with Crippen molar-refractivity contribution in [2.24, 2.45) is 5.10 Å². The zero-order valence-corrected chi connectivity index (χ0v) is 14.8. The van der Waals surface area contributed by atoms with Gasteiger partial charge in [0.2, 0.25) is 0 Å². The Labute approximate surface area is 152 Å². The minimum Gasteiger partial charge on any atom is -0.508 e. The van der Waals surface area contributed by atoms with E-state index in [9.17, 15) is 15.0 Å². The van der Waals surface area contributed by atoms with Crippen molar-refractivity contribution in [2.45, 2.75) is 16.5 Å². The van der Waals surface area contributed by atoms with Crippen LogP contribution in [0.5, 0.6) is 11.5 Å². The highest BCUT2D eigenvalue weighted by molar-refractivity contribution is 8.02. The van der Waals surface area contributed by atoms with Gasteiger partial charge in [0.1, 0.15) is 11.5 Å². The Kier molecular flexibility index (Phi) is 5.20. The van der Waals surface area contributed by atoms with Gasteiger partial charge in [-0.1, -0.05) is 23.9 Å². The van der Waals surface area contributed by atoms with Crippen LogP contribution >= 0.6 is 23.1 Å². The number of hydrogen-bond acceptors (Lipinski definition) is 7. The quantitative estimate of drug-likeness (QED) is 0.362. The summed E-state index contributed by atoms with van der Waals surface area (Å²) < 4.78 is 1.91. The molecule has 1 atom stereocenters. The summed E-state index contributed by atoms with van der Waals surface area (Å²) in [6.45, 7) is 1.78. The predicted octanol–water partition coefficient (Wildman–Crippen LogP) is 3.34. The summed E-state index contributed by atoms with van der Waals surface area (Å²) in [5, 5.41) is 22.4. The molecule has 1 heterocycles. The molecular formula is C17H15N3O3S2. The van der Waals surface area contributed by atoms with Crippen LogP contribution in [0.3, 0.4) is 0 Å². The fourth-order valence-corrected chi connectivity index (χ4v) is 4.21. The molecule has 3 rings (SSSR count). The van der Waals surface area contributed by atoms with Gasteiger partial charge in [0.25, 0.3) is 5.91 Å². The van der Waals surface area contributed by atoms with Crippen LogP contribution in [0.1, 0.15) is 12.5 Å². The number of carbonyl (C=O) groups is 1. The Balaban J connectivity index is 1.59. The third-order valence-electron chi connectivity index (χ3n) is 3.31. The summed E-state index contributed by atoms with van der Waals surface area (Å²) in [4.78, 5) is 16.6. The number of nitrogens with zero attached hydrogens (tertiary/aromatic N) is 2. The molecule has 0 saturated carbocycles. The predicted molar refractivity (Wildman–Crippen MR) is 100 cm³/mol. The van der Waals surface area contributed by atoms with Crippen LogP contribution < -0.4 is 5.43 Å². The van der Waals surface area contributed by atoms with Crippen molar-refractivity contribution in [3.63, 3.8) is 0 Å². The van der Waals surface area contributed by atoms with Gasteiger partial charge >= 0.3 is 0 Å². The Bertz CT molecular complexity index is 907. The van der Waals surface area contributed by atoms with Crippen molar-refractivity contribution in [3.8, 4) is 11.5 Å². The zero-order valence-electron chi connectivity index (χ0n) is 13.2. The summed E-state index contributed by atoms with van der Waals surface area (Å²) in [6.07, 6.45) is 1.32. The highest BCUT2D eigenvalue weighted by Crippen LogP contribution is 2.31. The van der Waals surface area contributed by atoms with E-state index in [4.69, 9.17) is 0 Å². The molecule has 0 aliphatic rings. The lowest BCUT2D eigenvalue weighted by Crippen LogP contribution is -2.26. The average molecular weight is 373 g/mol. The van der Waals surface area contributed by atoms with Crippen LogP contribution in [0.2, 0.25) is 0 Å². The zero-order chi connectivity index (χ0) is 17.8. The fraction of sp³-hybridized carbons (Fsp3) is 0.118. The number of aromatic nitrogens is 1. The number of phenols is 2. The first kappa shape index (κ1) is 17.2. The van der Waals surface area contributed by atoms with Gasteiger partial charge in [0.15, 0.2) is 4.34 Å². The average Bonchev–Trinajstić information content (AvgIpc) is 2.98. The van der Waals surface area contributed by atoms with Crippen LogP contribution in [0.25, 0.3) is 10.2 Å². The van der Waals surface area contributed by atoms with Crippen LogP contribution in [0.15, 0.2) is 51.9 Å². The standard InChI is InChI=1S/C17H15N3O3S2/c1-10(24-17-19-13-4-2-3-5-15(13)25-17)16(23)20-18-9-11-6-7-12(21)8-14(11)22/h2-10,21-22H,1H3,(H,20,23)/b18-9-/t10-/m0/s1. The molecule has 0 spiro atoms. The molecular weight excluding hydrogens is 358 g/mol. The van der Waals surface area contributed by atoms with Crippen molar-refractivity contribution in [2.75, 3.05) is 0 Å².